The second-order valence-electron chi connectivity index (χ2n) is 5.75. The number of aliphatic hydroxyl groups excluding tert-OH is 1. The van der Waals surface area contributed by atoms with Crippen LogP contribution in [0, 0.1) is 11.8 Å². The van der Waals surface area contributed by atoms with Crippen molar-refractivity contribution >= 4 is 11.6 Å². The Kier molecular flexibility index (Phi) is 3.55. The van der Waals surface area contributed by atoms with Crippen molar-refractivity contribution in [3.63, 3.8) is 0 Å². The molecule has 2 aliphatic heterocycles. The van der Waals surface area contributed by atoms with Gasteiger partial charge in [-0.15, -0.1) is 0 Å². The summed E-state index contributed by atoms with van der Waals surface area (Å²) in [5.74, 6) is 2.93. The van der Waals surface area contributed by atoms with Crippen LogP contribution in [0.2, 0.25) is 0 Å². The van der Waals surface area contributed by atoms with Gasteiger partial charge in [-0.2, -0.15) is 0 Å². The highest BCUT2D eigenvalue weighted by atomic mass is 16.3. The lowest BCUT2D eigenvalue weighted by Gasteiger charge is -2.21. The number of hydrogen-bond acceptors (Lipinski definition) is 5. The van der Waals surface area contributed by atoms with Crippen molar-refractivity contribution in [2.45, 2.75) is 19.8 Å². The van der Waals surface area contributed by atoms with Crippen LogP contribution in [0.4, 0.5) is 11.6 Å². The molecule has 104 valence electrons. The Balaban J connectivity index is 1.76. The lowest BCUT2D eigenvalue weighted by molar-refractivity contribution is 0.212. The molecule has 1 N–H and O–H groups in total. The maximum absolute atomic E-state index is 9.36. The molecule has 0 bridgehead atoms. The molecule has 2 saturated heterocycles. The largest absolute Gasteiger partial charge is 0.396 e. The molecule has 3 rings (SSSR count). The number of rotatable bonds is 3. The van der Waals surface area contributed by atoms with Gasteiger partial charge in [0.2, 0.25) is 0 Å². The molecule has 5 heteroatoms. The summed E-state index contributed by atoms with van der Waals surface area (Å²) >= 11 is 0. The van der Waals surface area contributed by atoms with Crippen molar-refractivity contribution in [1.82, 2.24) is 9.97 Å². The molecule has 1 aromatic rings. The van der Waals surface area contributed by atoms with Crippen LogP contribution in [0.25, 0.3) is 0 Å². The minimum atomic E-state index is 0.266. The van der Waals surface area contributed by atoms with Crippen LogP contribution in [-0.4, -0.2) is 47.9 Å². The second-order valence-corrected chi connectivity index (χ2v) is 5.75. The monoisotopic (exact) mass is 262 g/mol. The van der Waals surface area contributed by atoms with Gasteiger partial charge in [0.15, 0.2) is 0 Å². The Morgan fingerprint density at radius 1 is 1.16 bits per heavy atom. The number of nitrogens with zero attached hydrogens (tertiary/aromatic N) is 4. The lowest BCUT2D eigenvalue weighted by Crippen LogP contribution is -2.24. The van der Waals surface area contributed by atoms with Crippen molar-refractivity contribution in [2.75, 3.05) is 42.6 Å². The summed E-state index contributed by atoms with van der Waals surface area (Å²) < 4.78 is 0. The number of hydrogen-bond donors (Lipinski definition) is 1. The summed E-state index contributed by atoms with van der Waals surface area (Å²) in [6.07, 6.45) is 4.18. The zero-order chi connectivity index (χ0) is 13.2. The van der Waals surface area contributed by atoms with E-state index in [2.05, 4.69) is 32.8 Å². The van der Waals surface area contributed by atoms with E-state index in [0.29, 0.717) is 11.8 Å². The van der Waals surface area contributed by atoms with Gasteiger partial charge in [-0.1, -0.05) is 6.92 Å². The smallest absolute Gasteiger partial charge is 0.134 e. The molecule has 0 unspecified atom stereocenters. The van der Waals surface area contributed by atoms with E-state index in [9.17, 15) is 5.11 Å². The molecule has 2 atom stereocenters. The molecule has 0 saturated carbocycles. The van der Waals surface area contributed by atoms with Gasteiger partial charge in [-0.3, -0.25) is 0 Å². The highest BCUT2D eigenvalue weighted by Gasteiger charge is 2.30. The Morgan fingerprint density at radius 3 is 2.47 bits per heavy atom. The van der Waals surface area contributed by atoms with Crippen LogP contribution >= 0.6 is 0 Å². The predicted molar refractivity (Wildman–Crippen MR) is 75.4 cm³/mol. The summed E-state index contributed by atoms with van der Waals surface area (Å²) in [5, 5.41) is 9.36. The highest BCUT2D eigenvalue weighted by Crippen LogP contribution is 2.28. The molecule has 3 heterocycles. The average Bonchev–Trinajstić information content (AvgIpc) is 3.08. The van der Waals surface area contributed by atoms with Crippen molar-refractivity contribution < 1.29 is 5.11 Å². The minimum Gasteiger partial charge on any atom is -0.396 e. The molecule has 0 amide bonds. The molecule has 0 spiro atoms. The quantitative estimate of drug-likeness (QED) is 0.885. The molecule has 19 heavy (non-hydrogen) atoms. The van der Waals surface area contributed by atoms with Crippen molar-refractivity contribution in [3.05, 3.63) is 12.4 Å². The molecule has 0 radical (unpaired) electrons. The second kappa shape index (κ2) is 5.33. The molecule has 5 nitrogen and oxygen atoms in total. The number of anilines is 2. The van der Waals surface area contributed by atoms with Gasteiger partial charge < -0.3 is 14.9 Å². The van der Waals surface area contributed by atoms with Crippen LogP contribution in [0.5, 0.6) is 0 Å². The zero-order valence-electron chi connectivity index (χ0n) is 11.5. The Hall–Kier alpha value is -1.36. The Labute approximate surface area is 114 Å². The molecule has 2 fully saturated rings. The van der Waals surface area contributed by atoms with Gasteiger partial charge in [0.1, 0.15) is 18.0 Å². The topological polar surface area (TPSA) is 52.5 Å². The first kappa shape index (κ1) is 12.7. The van der Waals surface area contributed by atoms with E-state index in [1.54, 1.807) is 6.33 Å². The van der Waals surface area contributed by atoms with E-state index < -0.39 is 0 Å². The summed E-state index contributed by atoms with van der Waals surface area (Å²) in [6.45, 7) is 6.54. The molecular formula is C14H22N4O. The molecular weight excluding hydrogens is 240 g/mol. The maximum atomic E-state index is 9.36. The van der Waals surface area contributed by atoms with E-state index in [-0.39, 0.29) is 6.61 Å². The first-order valence-corrected chi connectivity index (χ1v) is 7.20. The molecule has 1 aromatic heterocycles. The Morgan fingerprint density at radius 2 is 1.84 bits per heavy atom. The normalized spacial score (nSPS) is 27.3. The van der Waals surface area contributed by atoms with Crippen LogP contribution < -0.4 is 9.80 Å². The van der Waals surface area contributed by atoms with Crippen molar-refractivity contribution in [3.8, 4) is 0 Å². The van der Waals surface area contributed by atoms with Gasteiger partial charge >= 0.3 is 0 Å². The summed E-state index contributed by atoms with van der Waals surface area (Å²) in [6, 6.07) is 2.10. The van der Waals surface area contributed by atoms with Crippen LogP contribution in [0.1, 0.15) is 19.8 Å². The van der Waals surface area contributed by atoms with Crippen molar-refractivity contribution in [1.29, 1.82) is 0 Å². The van der Waals surface area contributed by atoms with Crippen LogP contribution in [0.15, 0.2) is 12.4 Å². The third-order valence-electron chi connectivity index (χ3n) is 4.39. The summed E-state index contributed by atoms with van der Waals surface area (Å²) in [7, 11) is 0. The van der Waals surface area contributed by atoms with E-state index in [0.717, 1.165) is 37.8 Å². The third kappa shape index (κ3) is 2.52. The van der Waals surface area contributed by atoms with Crippen LogP contribution in [-0.2, 0) is 0 Å². The summed E-state index contributed by atoms with van der Waals surface area (Å²) in [5.41, 5.74) is 0. The maximum Gasteiger partial charge on any atom is 0.134 e. The third-order valence-corrected chi connectivity index (χ3v) is 4.39. The van der Waals surface area contributed by atoms with E-state index in [4.69, 9.17) is 0 Å². The Bertz CT molecular complexity index is 433. The number of aliphatic hydroxyl groups is 1. The first-order chi connectivity index (χ1) is 9.28. The fourth-order valence-electron chi connectivity index (χ4n) is 3.09. The zero-order valence-corrected chi connectivity index (χ0v) is 11.5. The molecule has 0 aromatic carbocycles. The van der Waals surface area contributed by atoms with Gasteiger partial charge in [0.05, 0.1) is 0 Å². The minimum absolute atomic E-state index is 0.266. The van der Waals surface area contributed by atoms with Gasteiger partial charge in [0.25, 0.3) is 0 Å². The van der Waals surface area contributed by atoms with Gasteiger partial charge in [0, 0.05) is 44.8 Å². The van der Waals surface area contributed by atoms with Crippen LogP contribution in [0.3, 0.4) is 0 Å². The van der Waals surface area contributed by atoms with Gasteiger partial charge in [-0.25, -0.2) is 9.97 Å². The molecule has 0 aliphatic carbocycles. The standard InChI is InChI=1S/C14H22N4O/c1-11-7-18(8-12(11)9-19)14-6-13(15-10-16-14)17-4-2-3-5-17/h6,10-12,19H,2-5,7-9H2,1H3/t11-,12+/m1/s1. The van der Waals surface area contributed by atoms with Gasteiger partial charge in [-0.05, 0) is 18.8 Å². The number of aromatic nitrogens is 2. The predicted octanol–water partition coefficient (Wildman–Crippen LogP) is 1.14. The first-order valence-electron chi connectivity index (χ1n) is 7.20. The van der Waals surface area contributed by atoms with E-state index in [1.807, 2.05) is 0 Å². The average molecular weight is 262 g/mol. The lowest BCUT2D eigenvalue weighted by atomic mass is 10.00. The highest BCUT2D eigenvalue weighted by molar-refractivity contribution is 5.51. The fraction of sp³-hybridized carbons (Fsp3) is 0.714. The van der Waals surface area contributed by atoms with E-state index >= 15 is 0 Å². The van der Waals surface area contributed by atoms with E-state index in [1.165, 1.54) is 12.8 Å². The SMILES string of the molecule is C[C@@H]1CN(c2cc(N3CCCC3)ncn2)C[C@H]1CO. The van der Waals surface area contributed by atoms with Crippen molar-refractivity contribution in [2.24, 2.45) is 11.8 Å². The summed E-state index contributed by atoms with van der Waals surface area (Å²) in [4.78, 5) is 13.4. The fourth-order valence-corrected chi connectivity index (χ4v) is 3.09. The molecule has 2 aliphatic rings.